The van der Waals surface area contributed by atoms with Crippen molar-refractivity contribution >= 4 is 49.9 Å². The van der Waals surface area contributed by atoms with Crippen molar-refractivity contribution in [3.8, 4) is 0 Å². The van der Waals surface area contributed by atoms with Gasteiger partial charge in [-0.25, -0.2) is 8.42 Å². The molecule has 43 heavy (non-hydrogen) atoms. The first-order valence-electron chi connectivity index (χ1n) is 14.4. The first-order chi connectivity index (χ1) is 20.4. The third-order valence-corrected chi connectivity index (χ3v) is 9.58. The van der Waals surface area contributed by atoms with E-state index in [0.29, 0.717) is 28.9 Å². The number of nitrogens with zero attached hydrogens (tertiary/aromatic N) is 2. The molecule has 9 heteroatoms. The Morgan fingerprint density at radius 2 is 1.56 bits per heavy atom. The minimum absolute atomic E-state index is 0.0695. The van der Waals surface area contributed by atoms with Crippen molar-refractivity contribution in [2.24, 2.45) is 0 Å². The second kappa shape index (κ2) is 12.4. The minimum atomic E-state index is -3.73. The van der Waals surface area contributed by atoms with Crippen LogP contribution in [0, 0.1) is 0 Å². The average molecular weight is 618 g/mol. The fourth-order valence-corrected chi connectivity index (χ4v) is 7.38. The van der Waals surface area contributed by atoms with Gasteiger partial charge in [0.05, 0.1) is 10.6 Å². The topological polar surface area (TPSA) is 86.8 Å². The standard InChI is InChI=1S/C34H36ClN3O4S/c1-34(2,3)36-33(40)29(22-24-10-5-4-6-11-24)37(23-25-17-19-27(35)20-18-25)31(39)16-9-21-38-28-14-7-12-26-13-8-15-30(32(26)28)43(38,41)42/h4-8,10-15,17-20,29H,9,16,21-23H2,1-3H3,(H,36,40). The zero-order valence-corrected chi connectivity index (χ0v) is 26.2. The monoisotopic (exact) mass is 617 g/mol. The van der Waals surface area contributed by atoms with E-state index in [9.17, 15) is 18.0 Å². The molecule has 0 saturated carbocycles. The molecule has 0 aromatic heterocycles. The van der Waals surface area contributed by atoms with Crippen LogP contribution >= 0.6 is 11.6 Å². The van der Waals surface area contributed by atoms with Crippen molar-refractivity contribution in [2.45, 2.75) is 63.1 Å². The summed E-state index contributed by atoms with van der Waals surface area (Å²) in [5.41, 5.74) is 1.90. The molecule has 4 aromatic carbocycles. The van der Waals surface area contributed by atoms with Crippen LogP contribution in [0.5, 0.6) is 0 Å². The lowest BCUT2D eigenvalue weighted by Gasteiger charge is -2.34. The molecule has 224 valence electrons. The van der Waals surface area contributed by atoms with Gasteiger partial charge in [0.1, 0.15) is 6.04 Å². The van der Waals surface area contributed by atoms with Gasteiger partial charge in [0.15, 0.2) is 0 Å². The highest BCUT2D eigenvalue weighted by atomic mass is 35.5. The first-order valence-corrected chi connectivity index (χ1v) is 16.2. The van der Waals surface area contributed by atoms with Crippen LogP contribution < -0.4 is 9.62 Å². The van der Waals surface area contributed by atoms with Crippen molar-refractivity contribution in [2.75, 3.05) is 10.8 Å². The molecule has 2 amide bonds. The Kier molecular flexibility index (Phi) is 8.81. The summed E-state index contributed by atoms with van der Waals surface area (Å²) in [7, 11) is -3.73. The van der Waals surface area contributed by atoms with Gasteiger partial charge in [-0.1, -0.05) is 78.3 Å². The van der Waals surface area contributed by atoms with Crippen LogP contribution in [0.25, 0.3) is 10.8 Å². The van der Waals surface area contributed by atoms with Gasteiger partial charge in [0, 0.05) is 41.9 Å². The number of carbonyl (C=O) groups is 2. The lowest BCUT2D eigenvalue weighted by molar-refractivity contribution is -0.142. The van der Waals surface area contributed by atoms with Gasteiger partial charge in [-0.15, -0.1) is 0 Å². The van der Waals surface area contributed by atoms with Gasteiger partial charge in [-0.05, 0) is 68.0 Å². The number of hydrogen-bond acceptors (Lipinski definition) is 4. The summed E-state index contributed by atoms with van der Waals surface area (Å²) in [4.78, 5) is 29.7. The fraction of sp³-hybridized carbons (Fsp3) is 0.294. The number of sulfonamides is 1. The number of amides is 2. The molecule has 1 heterocycles. The highest BCUT2D eigenvalue weighted by Crippen LogP contribution is 2.42. The third-order valence-electron chi connectivity index (χ3n) is 7.47. The normalized spacial score (nSPS) is 14.5. The molecule has 0 fully saturated rings. The Morgan fingerprint density at radius 1 is 0.884 bits per heavy atom. The number of halogens is 1. The van der Waals surface area contributed by atoms with E-state index >= 15 is 0 Å². The van der Waals surface area contributed by atoms with Gasteiger partial charge in [-0.2, -0.15) is 0 Å². The van der Waals surface area contributed by atoms with E-state index in [2.05, 4.69) is 5.32 Å². The van der Waals surface area contributed by atoms with Crippen molar-refractivity contribution in [1.29, 1.82) is 0 Å². The van der Waals surface area contributed by atoms with Crippen LogP contribution in [-0.2, 0) is 32.6 Å². The molecule has 0 bridgehead atoms. The van der Waals surface area contributed by atoms with E-state index in [0.717, 1.165) is 16.5 Å². The van der Waals surface area contributed by atoms with Crippen LogP contribution in [-0.4, -0.2) is 43.3 Å². The summed E-state index contributed by atoms with van der Waals surface area (Å²) in [5.74, 6) is -0.477. The summed E-state index contributed by atoms with van der Waals surface area (Å²) in [6, 6.07) is 26.9. The number of benzene rings is 4. The van der Waals surface area contributed by atoms with Gasteiger partial charge in [-0.3, -0.25) is 13.9 Å². The molecule has 1 N–H and O–H groups in total. The smallest absolute Gasteiger partial charge is 0.265 e. The fourth-order valence-electron chi connectivity index (χ4n) is 5.51. The lowest BCUT2D eigenvalue weighted by Crippen LogP contribution is -2.54. The molecule has 1 atom stereocenters. The van der Waals surface area contributed by atoms with Crippen molar-refractivity contribution in [3.05, 3.63) is 107 Å². The predicted molar refractivity (Wildman–Crippen MR) is 172 cm³/mol. The zero-order chi connectivity index (χ0) is 30.8. The first kappa shape index (κ1) is 30.6. The number of anilines is 1. The van der Waals surface area contributed by atoms with E-state index in [1.165, 1.54) is 4.31 Å². The Bertz CT molecular complexity index is 1730. The number of carbonyl (C=O) groups excluding carboxylic acids is 2. The van der Waals surface area contributed by atoms with Crippen LogP contribution in [0.3, 0.4) is 0 Å². The molecule has 7 nitrogen and oxygen atoms in total. The maximum Gasteiger partial charge on any atom is 0.265 e. The van der Waals surface area contributed by atoms with E-state index < -0.39 is 21.6 Å². The Labute approximate surface area is 258 Å². The summed E-state index contributed by atoms with van der Waals surface area (Å²) in [5, 5.41) is 5.21. The van der Waals surface area contributed by atoms with Crippen LogP contribution in [0.15, 0.2) is 95.9 Å². The van der Waals surface area contributed by atoms with E-state index in [-0.39, 0.29) is 36.2 Å². The lowest BCUT2D eigenvalue weighted by atomic mass is 10.00. The maximum atomic E-state index is 14.0. The van der Waals surface area contributed by atoms with Gasteiger partial charge < -0.3 is 10.2 Å². The number of rotatable bonds is 10. The van der Waals surface area contributed by atoms with Gasteiger partial charge >= 0.3 is 0 Å². The Balaban J connectivity index is 1.40. The van der Waals surface area contributed by atoms with Crippen molar-refractivity contribution in [3.63, 3.8) is 0 Å². The largest absolute Gasteiger partial charge is 0.350 e. The van der Waals surface area contributed by atoms with Crippen LogP contribution in [0.4, 0.5) is 5.69 Å². The third kappa shape index (κ3) is 6.86. The molecular formula is C34H36ClN3O4S. The Hall–Kier alpha value is -3.88. The summed E-state index contributed by atoms with van der Waals surface area (Å²) >= 11 is 6.12. The number of hydrogen-bond donors (Lipinski definition) is 1. The van der Waals surface area contributed by atoms with E-state index in [1.54, 1.807) is 35.2 Å². The highest BCUT2D eigenvalue weighted by molar-refractivity contribution is 7.93. The molecule has 1 unspecified atom stereocenters. The van der Waals surface area contributed by atoms with Gasteiger partial charge in [0.25, 0.3) is 10.0 Å². The van der Waals surface area contributed by atoms with Crippen molar-refractivity contribution in [1.82, 2.24) is 10.2 Å². The molecule has 0 saturated heterocycles. The molecule has 4 aromatic rings. The number of nitrogens with one attached hydrogen (secondary N) is 1. The average Bonchev–Trinajstić information content (AvgIpc) is 3.18. The van der Waals surface area contributed by atoms with Gasteiger partial charge in [0.2, 0.25) is 11.8 Å². The highest BCUT2D eigenvalue weighted by Gasteiger charge is 2.36. The second-order valence-electron chi connectivity index (χ2n) is 11.9. The Morgan fingerprint density at radius 3 is 2.23 bits per heavy atom. The van der Waals surface area contributed by atoms with E-state index in [4.69, 9.17) is 11.6 Å². The van der Waals surface area contributed by atoms with Crippen LogP contribution in [0.2, 0.25) is 5.02 Å². The molecule has 1 aliphatic rings. The minimum Gasteiger partial charge on any atom is -0.350 e. The predicted octanol–water partition coefficient (Wildman–Crippen LogP) is 6.34. The molecule has 0 radical (unpaired) electrons. The molecule has 5 rings (SSSR count). The zero-order valence-electron chi connectivity index (χ0n) is 24.6. The molecule has 0 aliphatic carbocycles. The maximum absolute atomic E-state index is 14.0. The molecule has 0 spiro atoms. The molecular weight excluding hydrogens is 582 g/mol. The summed E-state index contributed by atoms with van der Waals surface area (Å²) < 4.78 is 28.3. The summed E-state index contributed by atoms with van der Waals surface area (Å²) in [6.45, 7) is 6.08. The summed E-state index contributed by atoms with van der Waals surface area (Å²) in [6.07, 6.45) is 0.693. The quantitative estimate of drug-likeness (QED) is 0.225. The van der Waals surface area contributed by atoms with E-state index in [1.807, 2.05) is 81.4 Å². The van der Waals surface area contributed by atoms with Crippen molar-refractivity contribution < 1.29 is 18.0 Å². The SMILES string of the molecule is CC(C)(C)NC(=O)C(Cc1ccccc1)N(Cc1ccc(Cl)cc1)C(=O)CCCN1c2cccc3cccc(c23)S1(=O)=O. The molecule has 1 aliphatic heterocycles. The van der Waals surface area contributed by atoms with Crippen LogP contribution in [0.1, 0.15) is 44.7 Å². The second-order valence-corrected chi connectivity index (χ2v) is 14.2.